The highest BCUT2D eigenvalue weighted by atomic mass is 16.5. The van der Waals surface area contributed by atoms with E-state index >= 15 is 0 Å². The maximum absolute atomic E-state index is 12.6. The van der Waals surface area contributed by atoms with Crippen LogP contribution in [-0.4, -0.2) is 42.0 Å². The van der Waals surface area contributed by atoms with Gasteiger partial charge in [0.25, 0.3) is 0 Å². The zero-order valence-corrected chi connectivity index (χ0v) is 18.3. The minimum Gasteiger partial charge on any atom is -0.481 e. The van der Waals surface area contributed by atoms with Crippen LogP contribution in [0.15, 0.2) is 60.8 Å². The highest BCUT2D eigenvalue weighted by Gasteiger charge is 2.77. The lowest BCUT2D eigenvalue weighted by molar-refractivity contribution is -0.152. The molecule has 3 aromatic rings. The summed E-state index contributed by atoms with van der Waals surface area (Å²) in [6, 6.07) is 19.0. The number of aliphatic hydroxyl groups is 2. The predicted octanol–water partition coefficient (Wildman–Crippen LogP) is 2.66. The van der Waals surface area contributed by atoms with Crippen molar-refractivity contribution in [2.75, 3.05) is 25.6 Å². The second-order valence-corrected chi connectivity index (χ2v) is 9.05. The summed E-state index contributed by atoms with van der Waals surface area (Å²) >= 11 is 0. The monoisotopic (exact) mass is 441 g/mol. The second kappa shape index (κ2) is 6.70. The number of methoxy groups -OCH3 is 1. The van der Waals surface area contributed by atoms with Crippen LogP contribution >= 0.6 is 0 Å². The van der Waals surface area contributed by atoms with Crippen LogP contribution in [0.4, 0.5) is 5.69 Å². The van der Waals surface area contributed by atoms with Gasteiger partial charge in [0.15, 0.2) is 11.2 Å². The van der Waals surface area contributed by atoms with E-state index < -0.39 is 17.3 Å². The lowest BCUT2D eigenvalue weighted by Gasteiger charge is -2.40. The molecule has 3 heterocycles. The summed E-state index contributed by atoms with van der Waals surface area (Å²) in [5.41, 5.74) is 0.405. The molecule has 0 spiro atoms. The second-order valence-electron chi connectivity index (χ2n) is 9.05. The van der Waals surface area contributed by atoms with Gasteiger partial charge in [0, 0.05) is 37.3 Å². The summed E-state index contributed by atoms with van der Waals surface area (Å²) in [4.78, 5) is 6.40. The number of nitriles is 1. The van der Waals surface area contributed by atoms with Crippen molar-refractivity contribution in [3.63, 3.8) is 0 Å². The molecule has 1 saturated carbocycles. The van der Waals surface area contributed by atoms with Crippen LogP contribution in [0.25, 0.3) is 0 Å². The van der Waals surface area contributed by atoms with Crippen molar-refractivity contribution in [1.82, 2.24) is 4.98 Å². The number of rotatable bonds is 2. The highest BCUT2D eigenvalue weighted by Crippen LogP contribution is 2.70. The summed E-state index contributed by atoms with van der Waals surface area (Å²) in [6.07, 6.45) is 0.411. The summed E-state index contributed by atoms with van der Waals surface area (Å²) in [5, 5.41) is 33.7. The zero-order valence-electron chi connectivity index (χ0n) is 18.3. The van der Waals surface area contributed by atoms with Crippen LogP contribution in [0, 0.1) is 17.2 Å². The van der Waals surface area contributed by atoms with E-state index in [1.165, 1.54) is 7.11 Å². The fourth-order valence-electron chi connectivity index (χ4n) is 6.23. The maximum Gasteiger partial charge on any atom is 0.223 e. The molecule has 3 aliphatic rings. The molecule has 0 unspecified atom stereocenters. The van der Waals surface area contributed by atoms with E-state index in [2.05, 4.69) is 22.0 Å². The van der Waals surface area contributed by atoms with E-state index in [1.54, 1.807) is 24.4 Å². The first-order valence-electron chi connectivity index (χ1n) is 10.9. The lowest BCUT2D eigenvalue weighted by Crippen LogP contribution is -2.52. The minimum atomic E-state index is -1.82. The van der Waals surface area contributed by atoms with Crippen LogP contribution in [0.2, 0.25) is 0 Å². The van der Waals surface area contributed by atoms with Crippen molar-refractivity contribution in [2.45, 2.75) is 23.2 Å². The molecule has 1 aromatic heterocycles. The molecule has 2 aromatic carbocycles. The Hall–Kier alpha value is -3.60. The molecule has 0 amide bonds. The number of anilines is 1. The zero-order chi connectivity index (χ0) is 23.0. The van der Waals surface area contributed by atoms with E-state index in [0.29, 0.717) is 29.0 Å². The number of benzene rings is 2. The number of nitrogens with zero attached hydrogens (tertiary/aromatic N) is 3. The van der Waals surface area contributed by atoms with Gasteiger partial charge in [-0.05, 0) is 41.5 Å². The largest absolute Gasteiger partial charge is 0.481 e. The van der Waals surface area contributed by atoms with Gasteiger partial charge in [-0.3, -0.25) is 0 Å². The average molecular weight is 441 g/mol. The van der Waals surface area contributed by atoms with Crippen molar-refractivity contribution in [3.8, 4) is 17.7 Å². The molecule has 33 heavy (non-hydrogen) atoms. The number of hydrogen-bond donors (Lipinski definition) is 2. The van der Waals surface area contributed by atoms with Crippen LogP contribution in [0.1, 0.15) is 28.2 Å². The number of ether oxygens (including phenoxy) is 2. The Labute approximate surface area is 191 Å². The predicted molar refractivity (Wildman–Crippen MR) is 120 cm³/mol. The van der Waals surface area contributed by atoms with Crippen molar-refractivity contribution in [3.05, 3.63) is 83.0 Å². The third kappa shape index (κ3) is 2.32. The summed E-state index contributed by atoms with van der Waals surface area (Å²) in [7, 11) is 3.47. The minimum absolute atomic E-state index is 0.225. The molecular weight excluding hydrogens is 418 g/mol. The summed E-state index contributed by atoms with van der Waals surface area (Å²) < 4.78 is 12.2. The van der Waals surface area contributed by atoms with Crippen LogP contribution in [0.3, 0.4) is 0 Å². The number of fused-ring (bicyclic) bond motifs is 8. The topological polar surface area (TPSA) is 98.8 Å². The number of aliphatic hydroxyl groups excluding tert-OH is 1. The fourth-order valence-corrected chi connectivity index (χ4v) is 6.23. The Bertz CT molecular complexity index is 1300. The van der Waals surface area contributed by atoms with Crippen LogP contribution in [-0.2, 0) is 11.2 Å². The quantitative estimate of drug-likeness (QED) is 0.631. The molecule has 7 heteroatoms. The molecule has 2 bridgehead atoms. The van der Waals surface area contributed by atoms with Crippen LogP contribution < -0.4 is 14.4 Å². The van der Waals surface area contributed by atoms with Gasteiger partial charge >= 0.3 is 0 Å². The van der Waals surface area contributed by atoms with Crippen molar-refractivity contribution in [2.24, 2.45) is 5.92 Å². The Morgan fingerprint density at radius 2 is 2.00 bits per heavy atom. The molecule has 0 radical (unpaired) electrons. The van der Waals surface area contributed by atoms with Crippen molar-refractivity contribution < 1.29 is 19.7 Å². The molecule has 1 aliphatic carbocycles. The third-order valence-corrected chi connectivity index (χ3v) is 7.59. The Morgan fingerprint density at radius 1 is 1.21 bits per heavy atom. The molecule has 7 nitrogen and oxygen atoms in total. The fraction of sp³-hybridized carbons (Fsp3) is 0.308. The number of hydrogen-bond acceptors (Lipinski definition) is 7. The normalized spacial score (nSPS) is 31.0. The van der Waals surface area contributed by atoms with Gasteiger partial charge in [-0.1, -0.05) is 24.3 Å². The van der Waals surface area contributed by atoms with E-state index in [0.717, 1.165) is 11.3 Å². The van der Waals surface area contributed by atoms with Crippen molar-refractivity contribution >= 4 is 5.69 Å². The molecule has 6 rings (SSSR count). The van der Waals surface area contributed by atoms with Gasteiger partial charge in [0.2, 0.25) is 5.88 Å². The maximum atomic E-state index is 12.6. The molecule has 2 N–H and O–H groups in total. The molecule has 2 aliphatic heterocycles. The highest BCUT2D eigenvalue weighted by molar-refractivity contribution is 5.61. The Balaban J connectivity index is 1.69. The first-order chi connectivity index (χ1) is 16.0. The van der Waals surface area contributed by atoms with E-state index in [-0.39, 0.29) is 17.7 Å². The van der Waals surface area contributed by atoms with E-state index in [9.17, 15) is 15.5 Å². The standard InChI is InChI=1S/C26H23N3O4/c1-29-14-19-21(16-4-3-5-18(29)12-16)26(17-8-6-15(13-27)7-9-17)25(31,23(19)30)22-20(33-26)10-11-28-24(22)32-2/h3-12,19,21,23,30-31H,14H2,1-2H3/t19-,21-,23-,25+,26+/m1/s1. The van der Waals surface area contributed by atoms with Crippen LogP contribution in [0.5, 0.6) is 11.6 Å². The van der Waals surface area contributed by atoms with Gasteiger partial charge in [0.1, 0.15) is 5.75 Å². The van der Waals surface area contributed by atoms with E-state index in [4.69, 9.17) is 9.47 Å². The molecule has 5 atom stereocenters. The SMILES string of the molecule is COc1nccc2c1[C@]1(O)[C@H](O)[C@@H]3CN(C)c4cccc(c4)[C@H]3[C@]1(c1ccc(C#N)cc1)O2. The number of aromatic nitrogens is 1. The molecule has 166 valence electrons. The average Bonchev–Trinajstić information content (AvgIpc) is 3.18. The Morgan fingerprint density at radius 3 is 2.73 bits per heavy atom. The van der Waals surface area contributed by atoms with Gasteiger partial charge in [-0.25, -0.2) is 4.98 Å². The molecule has 1 fully saturated rings. The molecule has 0 saturated heterocycles. The smallest absolute Gasteiger partial charge is 0.223 e. The third-order valence-electron chi connectivity index (χ3n) is 7.59. The van der Waals surface area contributed by atoms with Gasteiger partial charge in [-0.15, -0.1) is 0 Å². The number of pyridine rings is 1. The van der Waals surface area contributed by atoms with Gasteiger partial charge < -0.3 is 24.6 Å². The first-order valence-corrected chi connectivity index (χ1v) is 10.9. The Kier molecular flexibility index (Phi) is 4.07. The lowest BCUT2D eigenvalue weighted by atomic mass is 9.71. The first kappa shape index (κ1) is 20.0. The molecular formula is C26H23N3O4. The van der Waals surface area contributed by atoms with Crippen molar-refractivity contribution in [1.29, 1.82) is 5.26 Å². The van der Waals surface area contributed by atoms with Gasteiger partial charge in [-0.2, -0.15) is 5.26 Å². The van der Waals surface area contributed by atoms with E-state index in [1.807, 2.05) is 37.4 Å². The van der Waals surface area contributed by atoms with Gasteiger partial charge in [0.05, 0.1) is 30.4 Å². The summed E-state index contributed by atoms with van der Waals surface area (Å²) in [6.45, 7) is 0.529. The summed E-state index contributed by atoms with van der Waals surface area (Å²) in [5.74, 6) is -0.0517.